The Morgan fingerprint density at radius 2 is 2.10 bits per heavy atom. The van der Waals surface area contributed by atoms with Crippen molar-refractivity contribution in [3.05, 3.63) is 34.3 Å². The van der Waals surface area contributed by atoms with Gasteiger partial charge in [0.05, 0.1) is 25.2 Å². The molecule has 3 unspecified atom stereocenters. The summed E-state index contributed by atoms with van der Waals surface area (Å²) in [5.41, 5.74) is 1.13. The lowest BCUT2D eigenvalue weighted by atomic mass is 10.00. The van der Waals surface area contributed by atoms with Crippen LogP contribution >= 0.6 is 15.9 Å². The normalized spacial score (nSPS) is 23.6. The molecule has 1 aliphatic heterocycles. The van der Waals surface area contributed by atoms with Gasteiger partial charge in [0.1, 0.15) is 0 Å². The first-order valence-corrected chi connectivity index (χ1v) is 7.75. The lowest BCUT2D eigenvalue weighted by molar-refractivity contribution is -0.126. The SMILES string of the molecule is CCC(NC(=O)C1COCC1NC)c1ccc(Br)cc1. The maximum absolute atomic E-state index is 12.4. The van der Waals surface area contributed by atoms with Crippen LogP contribution in [0.2, 0.25) is 0 Å². The molecule has 2 N–H and O–H groups in total. The van der Waals surface area contributed by atoms with Gasteiger partial charge < -0.3 is 15.4 Å². The topological polar surface area (TPSA) is 50.4 Å². The number of hydrogen-bond donors (Lipinski definition) is 2. The molecule has 2 rings (SSSR count). The first-order valence-electron chi connectivity index (χ1n) is 6.96. The smallest absolute Gasteiger partial charge is 0.227 e. The molecule has 1 saturated heterocycles. The van der Waals surface area contributed by atoms with Gasteiger partial charge in [-0.2, -0.15) is 0 Å². The molecule has 0 aliphatic carbocycles. The molecule has 1 aromatic carbocycles. The van der Waals surface area contributed by atoms with E-state index >= 15 is 0 Å². The van der Waals surface area contributed by atoms with Gasteiger partial charge in [0.2, 0.25) is 5.91 Å². The van der Waals surface area contributed by atoms with E-state index in [1.54, 1.807) is 0 Å². The third-order valence-corrected chi connectivity index (χ3v) is 4.31. The van der Waals surface area contributed by atoms with E-state index in [4.69, 9.17) is 4.74 Å². The molecular formula is C15H21BrN2O2. The molecule has 0 radical (unpaired) electrons. The monoisotopic (exact) mass is 340 g/mol. The van der Waals surface area contributed by atoms with E-state index in [2.05, 4.69) is 33.5 Å². The van der Waals surface area contributed by atoms with Crippen LogP contribution < -0.4 is 10.6 Å². The fourth-order valence-electron chi connectivity index (χ4n) is 2.49. The Balaban J connectivity index is 2.02. The van der Waals surface area contributed by atoms with Crippen molar-refractivity contribution in [3.8, 4) is 0 Å². The zero-order valence-corrected chi connectivity index (χ0v) is 13.4. The summed E-state index contributed by atoms with van der Waals surface area (Å²) >= 11 is 3.43. The summed E-state index contributed by atoms with van der Waals surface area (Å²) < 4.78 is 6.43. The van der Waals surface area contributed by atoms with Gasteiger partial charge in [-0.15, -0.1) is 0 Å². The summed E-state index contributed by atoms with van der Waals surface area (Å²) in [7, 11) is 1.87. The summed E-state index contributed by atoms with van der Waals surface area (Å²) in [6.45, 7) is 3.17. The first-order chi connectivity index (χ1) is 9.65. The van der Waals surface area contributed by atoms with Crippen molar-refractivity contribution in [2.75, 3.05) is 20.3 Å². The van der Waals surface area contributed by atoms with Crippen molar-refractivity contribution in [3.63, 3.8) is 0 Å². The molecule has 4 nitrogen and oxygen atoms in total. The highest BCUT2D eigenvalue weighted by Gasteiger charge is 2.33. The predicted molar refractivity (Wildman–Crippen MR) is 82.5 cm³/mol. The van der Waals surface area contributed by atoms with E-state index in [0.29, 0.717) is 13.2 Å². The van der Waals surface area contributed by atoms with E-state index in [1.165, 1.54) is 0 Å². The molecule has 1 amide bonds. The summed E-state index contributed by atoms with van der Waals surface area (Å²) in [5.74, 6) is -0.0406. The summed E-state index contributed by atoms with van der Waals surface area (Å²) in [5, 5.41) is 6.28. The third-order valence-electron chi connectivity index (χ3n) is 3.79. The quantitative estimate of drug-likeness (QED) is 0.864. The number of benzene rings is 1. The lowest BCUT2D eigenvalue weighted by Gasteiger charge is -2.22. The number of likely N-dealkylation sites (N-methyl/N-ethyl adjacent to an activating group) is 1. The number of ether oxygens (including phenoxy) is 1. The minimum atomic E-state index is -0.107. The second-order valence-corrected chi connectivity index (χ2v) is 5.98. The maximum Gasteiger partial charge on any atom is 0.227 e. The van der Waals surface area contributed by atoms with Crippen molar-refractivity contribution in [2.24, 2.45) is 5.92 Å². The van der Waals surface area contributed by atoms with Crippen molar-refractivity contribution in [1.82, 2.24) is 10.6 Å². The number of nitrogens with one attached hydrogen (secondary N) is 2. The van der Waals surface area contributed by atoms with E-state index < -0.39 is 0 Å². The fourth-order valence-corrected chi connectivity index (χ4v) is 2.76. The van der Waals surface area contributed by atoms with Crippen LogP contribution in [0, 0.1) is 5.92 Å². The molecule has 1 fully saturated rings. The Bertz CT molecular complexity index is 450. The highest BCUT2D eigenvalue weighted by Crippen LogP contribution is 2.21. The fraction of sp³-hybridized carbons (Fsp3) is 0.533. The number of amides is 1. The Labute approximate surface area is 128 Å². The van der Waals surface area contributed by atoms with Gasteiger partial charge in [0.25, 0.3) is 0 Å². The van der Waals surface area contributed by atoms with Gasteiger partial charge in [0, 0.05) is 10.5 Å². The maximum atomic E-state index is 12.4. The standard InChI is InChI=1S/C15H21BrN2O2/c1-3-13(10-4-6-11(16)7-5-10)18-15(19)12-8-20-9-14(12)17-2/h4-7,12-14,17H,3,8-9H2,1-2H3,(H,18,19). The first kappa shape index (κ1) is 15.5. The highest BCUT2D eigenvalue weighted by molar-refractivity contribution is 9.10. The molecule has 0 spiro atoms. The van der Waals surface area contributed by atoms with E-state index in [0.717, 1.165) is 16.5 Å². The van der Waals surface area contributed by atoms with E-state index in [9.17, 15) is 4.79 Å². The molecule has 0 saturated carbocycles. The molecule has 1 aliphatic rings. The van der Waals surface area contributed by atoms with Crippen LogP contribution in [0.15, 0.2) is 28.7 Å². The number of rotatable bonds is 5. The third kappa shape index (κ3) is 3.59. The Hall–Kier alpha value is -0.910. The van der Waals surface area contributed by atoms with Crippen LogP contribution in [0.4, 0.5) is 0 Å². The zero-order chi connectivity index (χ0) is 14.5. The summed E-state index contributed by atoms with van der Waals surface area (Å²) in [6.07, 6.45) is 0.866. The Morgan fingerprint density at radius 3 is 2.70 bits per heavy atom. The van der Waals surface area contributed by atoms with Crippen LogP contribution in [-0.4, -0.2) is 32.2 Å². The predicted octanol–water partition coefficient (Wildman–Crippen LogP) is 2.25. The molecule has 20 heavy (non-hydrogen) atoms. The van der Waals surface area contributed by atoms with Crippen molar-refractivity contribution < 1.29 is 9.53 Å². The molecular weight excluding hydrogens is 320 g/mol. The molecule has 110 valence electrons. The minimum Gasteiger partial charge on any atom is -0.379 e. The van der Waals surface area contributed by atoms with Crippen molar-refractivity contribution in [2.45, 2.75) is 25.4 Å². The van der Waals surface area contributed by atoms with Crippen LogP contribution in [0.5, 0.6) is 0 Å². The highest BCUT2D eigenvalue weighted by atomic mass is 79.9. The summed E-state index contributed by atoms with van der Waals surface area (Å²) in [4.78, 5) is 12.4. The minimum absolute atomic E-state index is 0.0497. The van der Waals surface area contributed by atoms with Crippen LogP contribution in [-0.2, 0) is 9.53 Å². The number of halogens is 1. The van der Waals surface area contributed by atoms with Crippen LogP contribution in [0.3, 0.4) is 0 Å². The van der Waals surface area contributed by atoms with Crippen molar-refractivity contribution in [1.29, 1.82) is 0 Å². The molecule has 1 heterocycles. The van der Waals surface area contributed by atoms with Gasteiger partial charge in [-0.1, -0.05) is 35.0 Å². The largest absolute Gasteiger partial charge is 0.379 e. The van der Waals surface area contributed by atoms with Gasteiger partial charge in [-0.05, 0) is 31.2 Å². The Morgan fingerprint density at radius 1 is 1.40 bits per heavy atom. The number of carbonyl (C=O) groups is 1. The van der Waals surface area contributed by atoms with Gasteiger partial charge in [-0.25, -0.2) is 0 Å². The average molecular weight is 341 g/mol. The van der Waals surface area contributed by atoms with Crippen molar-refractivity contribution >= 4 is 21.8 Å². The van der Waals surface area contributed by atoms with Crippen LogP contribution in [0.25, 0.3) is 0 Å². The molecule has 0 bridgehead atoms. The average Bonchev–Trinajstić information content (AvgIpc) is 2.94. The van der Waals surface area contributed by atoms with E-state index in [-0.39, 0.29) is 23.9 Å². The second-order valence-electron chi connectivity index (χ2n) is 5.06. The molecule has 5 heteroatoms. The molecule has 0 aromatic heterocycles. The molecule has 1 aromatic rings. The Kier molecular flexibility index (Phi) is 5.57. The second kappa shape index (κ2) is 7.20. The van der Waals surface area contributed by atoms with Gasteiger partial charge in [0.15, 0.2) is 0 Å². The zero-order valence-electron chi connectivity index (χ0n) is 11.9. The number of carbonyl (C=O) groups excluding carboxylic acids is 1. The van der Waals surface area contributed by atoms with Gasteiger partial charge in [-0.3, -0.25) is 4.79 Å². The van der Waals surface area contributed by atoms with E-state index in [1.807, 2.05) is 31.3 Å². The number of hydrogen-bond acceptors (Lipinski definition) is 3. The summed E-state index contributed by atoms with van der Waals surface area (Å²) in [6, 6.07) is 8.24. The molecule has 3 atom stereocenters. The lowest BCUT2D eigenvalue weighted by Crippen LogP contribution is -2.43. The van der Waals surface area contributed by atoms with Gasteiger partial charge >= 0.3 is 0 Å². The van der Waals surface area contributed by atoms with Crippen LogP contribution in [0.1, 0.15) is 24.9 Å².